The van der Waals surface area contributed by atoms with Crippen LogP contribution in [0, 0.1) is 25.5 Å². The van der Waals surface area contributed by atoms with Crippen molar-refractivity contribution in [3.63, 3.8) is 0 Å². The summed E-state index contributed by atoms with van der Waals surface area (Å²) in [5, 5.41) is 0. The third-order valence-electron chi connectivity index (χ3n) is 3.23. The topological polar surface area (TPSA) is 0 Å². The summed E-state index contributed by atoms with van der Waals surface area (Å²) < 4.78 is 27.7. The third-order valence-corrected chi connectivity index (χ3v) is 4.83. The van der Waals surface area contributed by atoms with Crippen LogP contribution in [-0.2, 0) is 0 Å². The Morgan fingerprint density at radius 3 is 2.37 bits per heavy atom. The van der Waals surface area contributed by atoms with Gasteiger partial charge in [-0.3, -0.25) is 0 Å². The zero-order valence-corrected chi connectivity index (χ0v) is 13.6. The summed E-state index contributed by atoms with van der Waals surface area (Å²) >= 11 is 6.45. The Bertz CT molecular complexity index is 624. The fourth-order valence-electron chi connectivity index (χ4n) is 1.95. The van der Waals surface area contributed by atoms with Crippen molar-refractivity contribution in [2.45, 2.75) is 18.7 Å². The molecular formula is C15H12Br2F2. The largest absolute Gasteiger partial charge is 0.207 e. The van der Waals surface area contributed by atoms with Crippen molar-refractivity contribution in [1.29, 1.82) is 0 Å². The number of halogens is 4. The van der Waals surface area contributed by atoms with Gasteiger partial charge in [0, 0.05) is 5.56 Å². The lowest BCUT2D eigenvalue weighted by Gasteiger charge is -2.16. The number of aryl methyl sites for hydroxylation is 1. The number of benzene rings is 2. The summed E-state index contributed by atoms with van der Waals surface area (Å²) in [6.45, 7) is 3.98. The molecule has 2 rings (SSSR count). The van der Waals surface area contributed by atoms with Crippen LogP contribution in [0.15, 0.2) is 34.8 Å². The second-order valence-electron chi connectivity index (χ2n) is 4.44. The molecule has 0 aliphatic rings. The molecule has 0 N–H and O–H groups in total. The maximum atomic E-state index is 14.0. The van der Waals surface area contributed by atoms with Crippen molar-refractivity contribution >= 4 is 31.9 Å². The first-order valence-electron chi connectivity index (χ1n) is 5.76. The third kappa shape index (κ3) is 2.90. The van der Waals surface area contributed by atoms with Gasteiger partial charge < -0.3 is 0 Å². The first kappa shape index (κ1) is 14.7. The van der Waals surface area contributed by atoms with Crippen molar-refractivity contribution in [3.05, 3.63) is 68.7 Å². The van der Waals surface area contributed by atoms with E-state index in [9.17, 15) is 8.78 Å². The predicted molar refractivity (Wildman–Crippen MR) is 80.7 cm³/mol. The Morgan fingerprint density at radius 1 is 1.00 bits per heavy atom. The molecule has 0 bridgehead atoms. The minimum absolute atomic E-state index is 0.134. The van der Waals surface area contributed by atoms with E-state index in [-0.39, 0.29) is 9.30 Å². The van der Waals surface area contributed by atoms with Gasteiger partial charge in [0.25, 0.3) is 0 Å². The van der Waals surface area contributed by atoms with Gasteiger partial charge in [0.15, 0.2) is 0 Å². The molecule has 1 unspecified atom stereocenters. The quantitative estimate of drug-likeness (QED) is 0.447. The predicted octanol–water partition coefficient (Wildman–Crippen LogP) is 5.83. The Kier molecular flexibility index (Phi) is 4.41. The summed E-state index contributed by atoms with van der Waals surface area (Å²) in [4.78, 5) is -0.366. The van der Waals surface area contributed by atoms with Gasteiger partial charge in [-0.05, 0) is 58.6 Å². The molecule has 0 nitrogen and oxygen atoms in total. The van der Waals surface area contributed by atoms with Crippen molar-refractivity contribution in [3.8, 4) is 0 Å². The first-order valence-corrected chi connectivity index (χ1v) is 7.47. The lowest BCUT2D eigenvalue weighted by Crippen LogP contribution is -2.01. The molecule has 0 aliphatic carbocycles. The van der Waals surface area contributed by atoms with Crippen LogP contribution in [0.5, 0.6) is 0 Å². The Morgan fingerprint density at radius 2 is 1.68 bits per heavy atom. The van der Waals surface area contributed by atoms with Crippen LogP contribution in [0.2, 0.25) is 0 Å². The molecule has 4 heteroatoms. The summed E-state index contributed by atoms with van der Waals surface area (Å²) in [5.41, 5.74) is 3.45. The van der Waals surface area contributed by atoms with Crippen LogP contribution in [-0.4, -0.2) is 0 Å². The zero-order valence-electron chi connectivity index (χ0n) is 10.5. The highest BCUT2D eigenvalue weighted by Gasteiger charge is 2.19. The maximum Gasteiger partial charge on any atom is 0.137 e. The van der Waals surface area contributed by atoms with E-state index in [4.69, 9.17) is 0 Å². The standard InChI is InChI=1S/C15H12Br2F2/c1-8-4-3-5-10(9(8)2)15(17)11-6-14(19)12(16)7-13(11)18/h3-7,15H,1-2H3. The molecule has 0 amide bonds. The van der Waals surface area contributed by atoms with E-state index in [0.717, 1.165) is 22.8 Å². The normalized spacial score (nSPS) is 12.5. The molecule has 19 heavy (non-hydrogen) atoms. The van der Waals surface area contributed by atoms with Gasteiger partial charge in [0.1, 0.15) is 11.6 Å². The van der Waals surface area contributed by atoms with Gasteiger partial charge >= 0.3 is 0 Å². The molecule has 0 fully saturated rings. The lowest BCUT2D eigenvalue weighted by molar-refractivity contribution is 0.583. The monoisotopic (exact) mass is 388 g/mol. The number of hydrogen-bond donors (Lipinski definition) is 0. The fraction of sp³-hybridized carbons (Fsp3) is 0.200. The van der Waals surface area contributed by atoms with Crippen molar-refractivity contribution in [2.75, 3.05) is 0 Å². The van der Waals surface area contributed by atoms with Crippen LogP contribution in [0.3, 0.4) is 0 Å². The zero-order chi connectivity index (χ0) is 14.2. The lowest BCUT2D eigenvalue weighted by atomic mass is 9.97. The van der Waals surface area contributed by atoms with Crippen LogP contribution >= 0.6 is 31.9 Å². The van der Waals surface area contributed by atoms with E-state index in [1.807, 2.05) is 32.0 Å². The van der Waals surface area contributed by atoms with Crippen molar-refractivity contribution in [1.82, 2.24) is 0 Å². The second-order valence-corrected chi connectivity index (χ2v) is 6.21. The molecule has 2 aromatic rings. The molecule has 0 heterocycles. The summed E-state index contributed by atoms with van der Waals surface area (Å²) in [5.74, 6) is -0.901. The van der Waals surface area contributed by atoms with Gasteiger partial charge in [0.05, 0.1) is 9.30 Å². The van der Waals surface area contributed by atoms with Crippen LogP contribution in [0.4, 0.5) is 8.78 Å². The highest BCUT2D eigenvalue weighted by Crippen LogP contribution is 2.36. The van der Waals surface area contributed by atoms with Crippen LogP contribution in [0.25, 0.3) is 0 Å². The molecule has 1 atom stereocenters. The van der Waals surface area contributed by atoms with E-state index in [1.165, 1.54) is 6.07 Å². The molecule has 0 spiro atoms. The highest BCUT2D eigenvalue weighted by atomic mass is 79.9. The SMILES string of the molecule is Cc1cccc(C(Br)c2cc(F)c(Br)cc2F)c1C. The summed E-state index contributed by atoms with van der Waals surface area (Å²) in [6, 6.07) is 8.21. The molecule has 100 valence electrons. The molecule has 0 saturated heterocycles. The Hall–Kier alpha value is -0.740. The molecule has 0 radical (unpaired) electrons. The van der Waals surface area contributed by atoms with Crippen LogP contribution < -0.4 is 0 Å². The van der Waals surface area contributed by atoms with Gasteiger partial charge in [0.2, 0.25) is 0 Å². The van der Waals surface area contributed by atoms with E-state index >= 15 is 0 Å². The van der Waals surface area contributed by atoms with Crippen LogP contribution in [0.1, 0.15) is 27.1 Å². The first-order chi connectivity index (χ1) is 8.91. The van der Waals surface area contributed by atoms with Gasteiger partial charge in [-0.15, -0.1) is 0 Å². The van der Waals surface area contributed by atoms with Crippen molar-refractivity contribution < 1.29 is 8.78 Å². The highest BCUT2D eigenvalue weighted by molar-refractivity contribution is 9.10. The van der Waals surface area contributed by atoms with E-state index in [0.29, 0.717) is 5.56 Å². The van der Waals surface area contributed by atoms with Gasteiger partial charge in [-0.1, -0.05) is 34.1 Å². The second kappa shape index (κ2) is 5.71. The smallest absolute Gasteiger partial charge is 0.137 e. The number of rotatable bonds is 2. The Balaban J connectivity index is 2.53. The summed E-state index contributed by atoms with van der Waals surface area (Å²) in [7, 11) is 0. The minimum atomic E-state index is -0.467. The molecule has 0 saturated carbocycles. The number of alkyl halides is 1. The van der Waals surface area contributed by atoms with E-state index in [1.54, 1.807) is 0 Å². The Labute approximate surface area is 128 Å². The summed E-state index contributed by atoms with van der Waals surface area (Å²) in [6.07, 6.45) is 0. The minimum Gasteiger partial charge on any atom is -0.207 e. The average molecular weight is 390 g/mol. The molecule has 2 aromatic carbocycles. The molecule has 0 aromatic heterocycles. The number of hydrogen-bond acceptors (Lipinski definition) is 0. The fourth-order valence-corrected chi connectivity index (χ4v) is 3.11. The maximum absolute atomic E-state index is 14.0. The van der Waals surface area contributed by atoms with Gasteiger partial charge in [-0.2, -0.15) is 0 Å². The average Bonchev–Trinajstić information content (AvgIpc) is 2.36. The molecule has 0 aliphatic heterocycles. The van der Waals surface area contributed by atoms with E-state index < -0.39 is 11.6 Å². The van der Waals surface area contributed by atoms with E-state index in [2.05, 4.69) is 31.9 Å². The van der Waals surface area contributed by atoms with Gasteiger partial charge in [-0.25, -0.2) is 8.78 Å². The molecular weight excluding hydrogens is 378 g/mol. The van der Waals surface area contributed by atoms with Crippen molar-refractivity contribution in [2.24, 2.45) is 0 Å².